The summed E-state index contributed by atoms with van der Waals surface area (Å²) in [6.07, 6.45) is 1.82. The standard InChI is InChI=1S/C10H14N2/c1-5-9-6-7-10(12(3)4)11-8(9)2/h5-7H,1H2,2-4H3. The van der Waals surface area contributed by atoms with E-state index >= 15 is 0 Å². The van der Waals surface area contributed by atoms with Crippen molar-refractivity contribution in [1.29, 1.82) is 0 Å². The molecule has 0 saturated carbocycles. The van der Waals surface area contributed by atoms with Crippen LogP contribution in [0.25, 0.3) is 6.08 Å². The summed E-state index contributed by atoms with van der Waals surface area (Å²) in [5, 5.41) is 0. The molecular weight excluding hydrogens is 148 g/mol. The molecule has 0 radical (unpaired) electrons. The van der Waals surface area contributed by atoms with Gasteiger partial charge in [-0.05, 0) is 24.6 Å². The van der Waals surface area contributed by atoms with Gasteiger partial charge in [-0.15, -0.1) is 0 Å². The zero-order valence-corrected chi connectivity index (χ0v) is 7.83. The molecule has 0 bridgehead atoms. The van der Waals surface area contributed by atoms with Crippen molar-refractivity contribution in [3.8, 4) is 0 Å². The van der Waals surface area contributed by atoms with E-state index < -0.39 is 0 Å². The second-order valence-electron chi connectivity index (χ2n) is 2.94. The van der Waals surface area contributed by atoms with Crippen LogP contribution in [0.15, 0.2) is 18.7 Å². The lowest BCUT2D eigenvalue weighted by atomic mass is 10.2. The Morgan fingerprint density at radius 3 is 2.50 bits per heavy atom. The molecule has 0 aliphatic heterocycles. The zero-order chi connectivity index (χ0) is 9.14. The lowest BCUT2D eigenvalue weighted by molar-refractivity contribution is 1.04. The topological polar surface area (TPSA) is 16.1 Å². The van der Waals surface area contributed by atoms with E-state index in [0.717, 1.165) is 17.1 Å². The van der Waals surface area contributed by atoms with Crippen LogP contribution in [0.5, 0.6) is 0 Å². The van der Waals surface area contributed by atoms with Crippen molar-refractivity contribution in [3.63, 3.8) is 0 Å². The highest BCUT2D eigenvalue weighted by Gasteiger charge is 1.99. The summed E-state index contributed by atoms with van der Waals surface area (Å²) in [5.41, 5.74) is 2.12. The Morgan fingerprint density at radius 2 is 2.08 bits per heavy atom. The minimum Gasteiger partial charge on any atom is -0.363 e. The highest BCUT2D eigenvalue weighted by Crippen LogP contribution is 2.12. The number of hydrogen-bond donors (Lipinski definition) is 0. The van der Waals surface area contributed by atoms with Gasteiger partial charge in [-0.1, -0.05) is 12.7 Å². The summed E-state index contributed by atoms with van der Waals surface area (Å²) in [6, 6.07) is 4.02. The molecule has 1 aromatic heterocycles. The Hall–Kier alpha value is -1.31. The number of anilines is 1. The molecule has 0 N–H and O–H groups in total. The van der Waals surface area contributed by atoms with E-state index in [9.17, 15) is 0 Å². The first-order valence-corrected chi connectivity index (χ1v) is 3.92. The van der Waals surface area contributed by atoms with E-state index in [-0.39, 0.29) is 0 Å². The van der Waals surface area contributed by atoms with Crippen LogP contribution in [0.3, 0.4) is 0 Å². The number of aromatic nitrogens is 1. The highest BCUT2D eigenvalue weighted by molar-refractivity contribution is 5.53. The van der Waals surface area contributed by atoms with Crippen molar-refractivity contribution >= 4 is 11.9 Å². The summed E-state index contributed by atoms with van der Waals surface area (Å²) in [7, 11) is 3.96. The maximum Gasteiger partial charge on any atom is 0.128 e. The maximum atomic E-state index is 4.40. The first-order valence-electron chi connectivity index (χ1n) is 3.92. The third-order valence-electron chi connectivity index (χ3n) is 1.79. The minimum atomic E-state index is 0.984. The fourth-order valence-electron chi connectivity index (χ4n) is 1.02. The molecule has 1 rings (SSSR count). The van der Waals surface area contributed by atoms with Gasteiger partial charge in [-0.25, -0.2) is 4.98 Å². The van der Waals surface area contributed by atoms with E-state index in [0.29, 0.717) is 0 Å². The molecule has 0 unspecified atom stereocenters. The molecule has 1 heterocycles. The van der Waals surface area contributed by atoms with Gasteiger partial charge in [0.15, 0.2) is 0 Å². The van der Waals surface area contributed by atoms with Crippen LogP contribution in [0, 0.1) is 6.92 Å². The zero-order valence-electron chi connectivity index (χ0n) is 7.83. The van der Waals surface area contributed by atoms with Crippen molar-refractivity contribution < 1.29 is 0 Å². The summed E-state index contributed by atoms with van der Waals surface area (Å²) >= 11 is 0. The van der Waals surface area contributed by atoms with Crippen LogP contribution < -0.4 is 4.90 Å². The van der Waals surface area contributed by atoms with Crippen molar-refractivity contribution in [2.45, 2.75) is 6.92 Å². The van der Waals surface area contributed by atoms with Crippen molar-refractivity contribution in [3.05, 3.63) is 30.0 Å². The lowest BCUT2D eigenvalue weighted by Crippen LogP contribution is -2.11. The van der Waals surface area contributed by atoms with Crippen LogP contribution in [-0.4, -0.2) is 19.1 Å². The van der Waals surface area contributed by atoms with Crippen LogP contribution >= 0.6 is 0 Å². The van der Waals surface area contributed by atoms with Gasteiger partial charge in [0.25, 0.3) is 0 Å². The van der Waals surface area contributed by atoms with Crippen molar-refractivity contribution in [2.75, 3.05) is 19.0 Å². The Kier molecular flexibility index (Phi) is 2.48. The van der Waals surface area contributed by atoms with E-state index in [1.54, 1.807) is 0 Å². The Balaban J connectivity index is 3.10. The molecule has 0 atom stereocenters. The molecular formula is C10H14N2. The SMILES string of the molecule is C=Cc1ccc(N(C)C)nc1C. The number of aryl methyl sites for hydroxylation is 1. The van der Waals surface area contributed by atoms with E-state index in [2.05, 4.69) is 11.6 Å². The molecule has 64 valence electrons. The van der Waals surface area contributed by atoms with Gasteiger partial charge in [-0.2, -0.15) is 0 Å². The van der Waals surface area contributed by atoms with Crippen LogP contribution in [0.2, 0.25) is 0 Å². The predicted molar refractivity (Wildman–Crippen MR) is 53.4 cm³/mol. The number of rotatable bonds is 2. The summed E-state index contributed by atoms with van der Waals surface area (Å²) in [6.45, 7) is 5.70. The quantitative estimate of drug-likeness (QED) is 0.662. The largest absolute Gasteiger partial charge is 0.363 e. The number of nitrogens with zero attached hydrogens (tertiary/aromatic N) is 2. The first kappa shape index (κ1) is 8.78. The third kappa shape index (κ3) is 1.64. The molecule has 1 aromatic rings. The van der Waals surface area contributed by atoms with E-state index in [1.165, 1.54) is 0 Å². The molecule has 12 heavy (non-hydrogen) atoms. The molecule has 2 heteroatoms. The van der Waals surface area contributed by atoms with E-state index in [4.69, 9.17) is 0 Å². The maximum absolute atomic E-state index is 4.40. The number of pyridine rings is 1. The third-order valence-corrected chi connectivity index (χ3v) is 1.79. The van der Waals surface area contributed by atoms with Gasteiger partial charge in [0.2, 0.25) is 0 Å². The molecule has 0 fully saturated rings. The van der Waals surface area contributed by atoms with Gasteiger partial charge >= 0.3 is 0 Å². The summed E-state index contributed by atoms with van der Waals surface area (Å²) in [4.78, 5) is 6.38. The van der Waals surface area contributed by atoms with Gasteiger partial charge < -0.3 is 4.90 Å². The Morgan fingerprint density at radius 1 is 1.42 bits per heavy atom. The second-order valence-corrected chi connectivity index (χ2v) is 2.94. The van der Waals surface area contributed by atoms with Crippen molar-refractivity contribution in [2.24, 2.45) is 0 Å². The fraction of sp³-hybridized carbons (Fsp3) is 0.300. The molecule has 0 spiro atoms. The molecule has 0 amide bonds. The number of hydrogen-bond acceptors (Lipinski definition) is 2. The van der Waals surface area contributed by atoms with Gasteiger partial charge in [-0.3, -0.25) is 0 Å². The molecule has 2 nitrogen and oxygen atoms in total. The van der Waals surface area contributed by atoms with Crippen LogP contribution in [-0.2, 0) is 0 Å². The minimum absolute atomic E-state index is 0.984. The molecule has 0 aromatic carbocycles. The molecule has 0 aliphatic rings. The smallest absolute Gasteiger partial charge is 0.128 e. The van der Waals surface area contributed by atoms with Gasteiger partial charge in [0, 0.05) is 19.8 Å². The van der Waals surface area contributed by atoms with E-state index in [1.807, 2.05) is 44.1 Å². The Bertz CT molecular complexity index is 290. The molecule has 0 saturated heterocycles. The van der Waals surface area contributed by atoms with Gasteiger partial charge in [0.05, 0.1) is 0 Å². The average Bonchev–Trinajstić information content (AvgIpc) is 2.04. The Labute approximate surface area is 73.5 Å². The monoisotopic (exact) mass is 162 g/mol. The molecule has 0 aliphatic carbocycles. The van der Waals surface area contributed by atoms with Crippen LogP contribution in [0.1, 0.15) is 11.3 Å². The van der Waals surface area contributed by atoms with Crippen LogP contribution in [0.4, 0.5) is 5.82 Å². The fourth-order valence-corrected chi connectivity index (χ4v) is 1.02. The highest BCUT2D eigenvalue weighted by atomic mass is 15.1. The van der Waals surface area contributed by atoms with Crippen molar-refractivity contribution in [1.82, 2.24) is 4.98 Å². The normalized spacial score (nSPS) is 9.58. The average molecular weight is 162 g/mol. The lowest BCUT2D eigenvalue weighted by Gasteiger charge is -2.12. The second kappa shape index (κ2) is 3.39. The van der Waals surface area contributed by atoms with Gasteiger partial charge in [0.1, 0.15) is 5.82 Å². The summed E-state index contributed by atoms with van der Waals surface area (Å²) in [5.74, 6) is 0.984. The predicted octanol–water partition coefficient (Wildman–Crippen LogP) is 2.10. The first-order chi connectivity index (χ1) is 5.65. The summed E-state index contributed by atoms with van der Waals surface area (Å²) < 4.78 is 0.